The van der Waals surface area contributed by atoms with Gasteiger partial charge in [0.05, 0.1) is 6.10 Å². The maximum atomic E-state index is 12.6. The zero-order valence-corrected chi connectivity index (χ0v) is 21.1. The van der Waals surface area contributed by atoms with Gasteiger partial charge in [0.1, 0.15) is 23.9 Å². The van der Waals surface area contributed by atoms with E-state index < -0.39 is 36.4 Å². The van der Waals surface area contributed by atoms with Crippen molar-refractivity contribution in [3.05, 3.63) is 59.0 Å². The van der Waals surface area contributed by atoms with Crippen LogP contribution in [0.25, 0.3) is 27.3 Å². The van der Waals surface area contributed by atoms with E-state index in [1.807, 2.05) is 32.3 Å². The molecule has 2 heterocycles. The van der Waals surface area contributed by atoms with Gasteiger partial charge in [0.2, 0.25) is 0 Å². The molecule has 9 heteroatoms. The van der Waals surface area contributed by atoms with E-state index in [-0.39, 0.29) is 12.1 Å². The molecular weight excluding hydrogens is 478 g/mol. The fourth-order valence-corrected chi connectivity index (χ4v) is 5.03. The van der Waals surface area contributed by atoms with Crippen LogP contribution in [-0.4, -0.2) is 66.5 Å². The van der Waals surface area contributed by atoms with Gasteiger partial charge in [-0.15, -0.1) is 11.3 Å². The SMILES string of the molecule is C[C@H]1C(O)O[C@H](CNC(=O)/C(C#N)=C/c2ccc(-c3ccc4cc(N(C)C)ccc4c3)s2)[C@@H](O)[C@@H]1O. The summed E-state index contributed by atoms with van der Waals surface area (Å²) in [7, 11) is 4.02. The maximum absolute atomic E-state index is 12.6. The van der Waals surface area contributed by atoms with E-state index >= 15 is 0 Å². The number of carbonyl (C=O) groups is 1. The summed E-state index contributed by atoms with van der Waals surface area (Å²) in [5, 5.41) is 44.4. The lowest BCUT2D eigenvalue weighted by Gasteiger charge is -2.39. The van der Waals surface area contributed by atoms with Gasteiger partial charge < -0.3 is 30.3 Å². The van der Waals surface area contributed by atoms with E-state index in [1.165, 1.54) is 17.4 Å². The van der Waals surface area contributed by atoms with E-state index in [0.717, 1.165) is 31.8 Å². The average Bonchev–Trinajstić information content (AvgIpc) is 3.35. The summed E-state index contributed by atoms with van der Waals surface area (Å²) in [6.07, 6.45) is -3.19. The molecule has 4 rings (SSSR count). The summed E-state index contributed by atoms with van der Waals surface area (Å²) in [5.74, 6) is -1.29. The molecule has 0 spiro atoms. The number of thiophene rings is 1. The number of nitrogens with one attached hydrogen (secondary N) is 1. The lowest BCUT2D eigenvalue weighted by Crippen LogP contribution is -2.56. The number of hydrogen-bond acceptors (Lipinski definition) is 8. The van der Waals surface area contributed by atoms with Crippen molar-refractivity contribution in [3.8, 4) is 16.5 Å². The lowest BCUT2D eigenvalue weighted by molar-refractivity contribution is -0.258. The molecule has 1 fully saturated rings. The summed E-state index contributed by atoms with van der Waals surface area (Å²) in [5.41, 5.74) is 2.08. The zero-order chi connectivity index (χ0) is 26.0. The number of rotatable bonds is 6. The van der Waals surface area contributed by atoms with Crippen LogP contribution in [0.1, 0.15) is 11.8 Å². The number of aliphatic hydroxyl groups is 3. The minimum atomic E-state index is -1.27. The Labute approximate surface area is 213 Å². The fourth-order valence-electron chi connectivity index (χ4n) is 4.08. The molecule has 0 saturated carbocycles. The van der Waals surface area contributed by atoms with Gasteiger partial charge in [-0.25, -0.2) is 0 Å². The van der Waals surface area contributed by atoms with Crippen molar-refractivity contribution in [2.45, 2.75) is 31.5 Å². The predicted molar refractivity (Wildman–Crippen MR) is 140 cm³/mol. The van der Waals surface area contributed by atoms with E-state index in [4.69, 9.17) is 4.74 Å². The number of nitrogens with zero attached hydrogens (tertiary/aromatic N) is 2. The Morgan fingerprint density at radius 1 is 1.11 bits per heavy atom. The molecule has 1 amide bonds. The third-order valence-corrected chi connectivity index (χ3v) is 7.48. The number of ether oxygens (including phenoxy) is 1. The highest BCUT2D eigenvalue weighted by atomic mass is 32.1. The molecule has 1 saturated heterocycles. The Bertz CT molecular complexity index is 1330. The largest absolute Gasteiger partial charge is 0.390 e. The number of hydrogen-bond donors (Lipinski definition) is 4. The van der Waals surface area contributed by atoms with E-state index in [0.29, 0.717) is 0 Å². The van der Waals surface area contributed by atoms with Crippen LogP contribution < -0.4 is 10.2 Å². The third-order valence-electron chi connectivity index (χ3n) is 6.40. The topological polar surface area (TPSA) is 126 Å². The van der Waals surface area contributed by atoms with E-state index in [2.05, 4.69) is 46.6 Å². The van der Waals surface area contributed by atoms with Crippen LogP contribution in [0.5, 0.6) is 0 Å². The van der Waals surface area contributed by atoms with Crippen molar-refractivity contribution in [3.63, 3.8) is 0 Å². The van der Waals surface area contributed by atoms with Gasteiger partial charge in [-0.05, 0) is 52.7 Å². The normalized spacial score (nSPS) is 24.4. The zero-order valence-electron chi connectivity index (χ0n) is 20.3. The van der Waals surface area contributed by atoms with Crippen LogP contribution in [0.15, 0.2) is 54.1 Å². The second-order valence-corrected chi connectivity index (χ2v) is 10.2. The van der Waals surface area contributed by atoms with Crippen molar-refractivity contribution in [2.24, 2.45) is 5.92 Å². The van der Waals surface area contributed by atoms with Crippen molar-refractivity contribution < 1.29 is 24.9 Å². The maximum Gasteiger partial charge on any atom is 0.262 e. The molecule has 0 bridgehead atoms. The van der Waals surface area contributed by atoms with Crippen LogP contribution in [0.2, 0.25) is 0 Å². The third kappa shape index (κ3) is 5.43. The number of aliphatic hydroxyl groups excluding tert-OH is 3. The van der Waals surface area contributed by atoms with Crippen LogP contribution in [0, 0.1) is 17.2 Å². The second-order valence-electron chi connectivity index (χ2n) is 9.13. The summed E-state index contributed by atoms with van der Waals surface area (Å²) < 4.78 is 5.29. The number of carbonyl (C=O) groups excluding carboxylic acids is 1. The first-order valence-corrected chi connectivity index (χ1v) is 12.4. The first-order valence-electron chi connectivity index (χ1n) is 11.6. The van der Waals surface area contributed by atoms with Crippen LogP contribution >= 0.6 is 11.3 Å². The molecule has 0 radical (unpaired) electrons. The molecule has 5 atom stereocenters. The first kappa shape index (κ1) is 25.8. The molecular formula is C27H29N3O5S. The number of fused-ring (bicyclic) bond motifs is 1. The number of benzene rings is 2. The van der Waals surface area contributed by atoms with E-state index in [1.54, 1.807) is 6.92 Å². The first-order chi connectivity index (χ1) is 17.2. The van der Waals surface area contributed by atoms with Crippen molar-refractivity contribution in [2.75, 3.05) is 25.5 Å². The minimum Gasteiger partial charge on any atom is -0.390 e. The Morgan fingerprint density at radius 3 is 2.56 bits per heavy atom. The van der Waals surface area contributed by atoms with Crippen molar-refractivity contribution >= 4 is 39.8 Å². The molecule has 1 aliphatic rings. The molecule has 1 aromatic heterocycles. The summed E-state index contributed by atoms with van der Waals surface area (Å²) in [4.78, 5) is 16.4. The highest BCUT2D eigenvalue weighted by molar-refractivity contribution is 7.16. The van der Waals surface area contributed by atoms with Crippen LogP contribution in [0.3, 0.4) is 0 Å². The standard InChI is InChI=1S/C27H29N3O5S/c1-15-24(31)25(32)22(35-27(15)34)14-29-26(33)19(13-28)12-21-8-9-23(36-21)18-5-4-17-11-20(30(2)3)7-6-16(17)10-18/h4-12,15,22,24-25,27,31-32,34H,14H2,1-3H3,(H,29,33)/b19-12+/t15-,22-,24-,25-,27?/m1/s1. The molecule has 3 aromatic rings. The molecule has 188 valence electrons. The highest BCUT2D eigenvalue weighted by Crippen LogP contribution is 2.32. The molecule has 1 aliphatic heterocycles. The average molecular weight is 508 g/mol. The van der Waals surface area contributed by atoms with Crippen LogP contribution in [-0.2, 0) is 9.53 Å². The molecule has 4 N–H and O–H groups in total. The lowest BCUT2D eigenvalue weighted by atomic mass is 9.92. The Balaban J connectivity index is 1.46. The number of nitriles is 1. The molecule has 0 aliphatic carbocycles. The molecule has 8 nitrogen and oxygen atoms in total. The van der Waals surface area contributed by atoms with Crippen molar-refractivity contribution in [1.82, 2.24) is 5.32 Å². The van der Waals surface area contributed by atoms with Gasteiger partial charge in [-0.3, -0.25) is 4.79 Å². The minimum absolute atomic E-state index is 0.0992. The molecule has 2 aromatic carbocycles. The second kappa shape index (κ2) is 10.8. The quantitative estimate of drug-likeness (QED) is 0.299. The summed E-state index contributed by atoms with van der Waals surface area (Å²) in [6.45, 7) is 1.39. The Kier molecular flexibility index (Phi) is 7.73. The predicted octanol–water partition coefficient (Wildman–Crippen LogP) is 2.73. The van der Waals surface area contributed by atoms with Crippen molar-refractivity contribution in [1.29, 1.82) is 5.26 Å². The fraction of sp³-hybridized carbons (Fsp3) is 0.333. The molecule has 1 unspecified atom stereocenters. The highest BCUT2D eigenvalue weighted by Gasteiger charge is 2.41. The summed E-state index contributed by atoms with van der Waals surface area (Å²) >= 11 is 1.46. The number of anilines is 1. The van der Waals surface area contributed by atoms with Gasteiger partial charge >= 0.3 is 0 Å². The summed E-state index contributed by atoms with van der Waals surface area (Å²) in [6, 6.07) is 18.3. The van der Waals surface area contributed by atoms with Gasteiger partial charge in [0.25, 0.3) is 5.91 Å². The molecule has 36 heavy (non-hydrogen) atoms. The van der Waals surface area contributed by atoms with Gasteiger partial charge in [0.15, 0.2) is 6.29 Å². The van der Waals surface area contributed by atoms with Gasteiger partial charge in [-0.1, -0.05) is 25.1 Å². The Morgan fingerprint density at radius 2 is 1.83 bits per heavy atom. The Hall–Kier alpha value is -3.26. The van der Waals surface area contributed by atoms with Gasteiger partial charge in [-0.2, -0.15) is 5.26 Å². The number of amides is 1. The smallest absolute Gasteiger partial charge is 0.262 e. The van der Waals surface area contributed by atoms with E-state index in [9.17, 15) is 25.4 Å². The van der Waals surface area contributed by atoms with Crippen LogP contribution in [0.4, 0.5) is 5.69 Å². The monoisotopic (exact) mass is 507 g/mol. The van der Waals surface area contributed by atoms with Gasteiger partial charge in [0, 0.05) is 42.0 Å².